The predicted octanol–water partition coefficient (Wildman–Crippen LogP) is 5.24. The molecule has 2 aromatic carbocycles. The minimum Gasteiger partial charge on any atom is -0.493 e. The minimum absolute atomic E-state index is 0.302. The first kappa shape index (κ1) is 36.9. The lowest BCUT2D eigenvalue weighted by molar-refractivity contribution is 0.0220. The summed E-state index contributed by atoms with van der Waals surface area (Å²) >= 11 is 0. The third-order valence-electron chi connectivity index (χ3n) is 8.33. The maximum absolute atomic E-state index is 13.7. The Kier molecular flexibility index (Phi) is 14.8. The van der Waals surface area contributed by atoms with E-state index in [9.17, 15) is 9.59 Å². The van der Waals surface area contributed by atoms with Crippen molar-refractivity contribution < 1.29 is 47.5 Å². The predicted molar refractivity (Wildman–Crippen MR) is 180 cm³/mol. The zero-order valence-electron chi connectivity index (χ0n) is 29.2. The summed E-state index contributed by atoms with van der Waals surface area (Å²) in [6.45, 7) is 13.0. The highest BCUT2D eigenvalue weighted by molar-refractivity contribution is 5.92. The van der Waals surface area contributed by atoms with Gasteiger partial charge in [-0.1, -0.05) is 0 Å². The highest BCUT2D eigenvalue weighted by atomic mass is 16.6. The van der Waals surface area contributed by atoms with Crippen LogP contribution in [0.4, 0.5) is 0 Å². The number of hydrogen-bond donors (Lipinski definition) is 0. The summed E-state index contributed by atoms with van der Waals surface area (Å²) in [5.41, 5.74) is 0.661. The van der Waals surface area contributed by atoms with E-state index in [1.807, 2.05) is 20.8 Å². The summed E-state index contributed by atoms with van der Waals surface area (Å²) in [5, 5.41) is 0. The molecule has 2 heterocycles. The SMILES string of the molecule is CCOc1cc(C(=O)OC2CCCOc3cc(cc(OC)c3OC)C(=O)OCCCN3CCCN(CC2)CC3)cc(OCC)c1OCC. The fraction of sp³-hybridized carbons (Fsp3) is 0.611. The molecule has 12 heteroatoms. The van der Waals surface area contributed by atoms with Crippen molar-refractivity contribution in [1.82, 2.24) is 9.80 Å². The molecule has 266 valence electrons. The van der Waals surface area contributed by atoms with E-state index in [4.69, 9.17) is 37.9 Å². The average molecular weight is 673 g/mol. The van der Waals surface area contributed by atoms with Gasteiger partial charge in [-0.2, -0.15) is 0 Å². The van der Waals surface area contributed by atoms with Crippen LogP contribution in [0.2, 0.25) is 0 Å². The van der Waals surface area contributed by atoms with Gasteiger partial charge in [-0.15, -0.1) is 0 Å². The minimum atomic E-state index is -0.455. The summed E-state index contributed by atoms with van der Waals surface area (Å²) in [7, 11) is 3.04. The molecule has 1 fully saturated rings. The van der Waals surface area contributed by atoms with Crippen LogP contribution in [0.15, 0.2) is 24.3 Å². The van der Waals surface area contributed by atoms with Crippen molar-refractivity contribution in [2.24, 2.45) is 0 Å². The highest BCUT2D eigenvalue weighted by Gasteiger charge is 2.24. The largest absolute Gasteiger partial charge is 0.493 e. The van der Waals surface area contributed by atoms with E-state index in [1.54, 1.807) is 24.3 Å². The lowest BCUT2D eigenvalue weighted by atomic mass is 10.1. The lowest BCUT2D eigenvalue weighted by Gasteiger charge is -2.25. The second-order valence-electron chi connectivity index (χ2n) is 11.6. The Balaban J connectivity index is 1.56. The quantitative estimate of drug-likeness (QED) is 0.308. The molecule has 4 bridgehead atoms. The molecule has 0 N–H and O–H groups in total. The number of esters is 2. The van der Waals surface area contributed by atoms with Gasteiger partial charge < -0.3 is 47.7 Å². The first-order valence-corrected chi connectivity index (χ1v) is 17.2. The maximum Gasteiger partial charge on any atom is 0.338 e. The number of fused-ring (bicyclic) bond motifs is 5. The van der Waals surface area contributed by atoms with Crippen LogP contribution in [0.1, 0.15) is 73.6 Å². The molecule has 48 heavy (non-hydrogen) atoms. The molecule has 0 aliphatic carbocycles. The van der Waals surface area contributed by atoms with Gasteiger partial charge in [0.05, 0.1) is 58.4 Å². The number of carbonyl (C=O) groups is 2. The molecule has 12 nitrogen and oxygen atoms in total. The second-order valence-corrected chi connectivity index (χ2v) is 11.6. The third kappa shape index (κ3) is 10.3. The van der Waals surface area contributed by atoms with Crippen LogP contribution < -0.4 is 28.4 Å². The van der Waals surface area contributed by atoms with Gasteiger partial charge >= 0.3 is 11.9 Å². The van der Waals surface area contributed by atoms with Crippen molar-refractivity contribution in [3.8, 4) is 34.5 Å². The van der Waals surface area contributed by atoms with E-state index in [0.29, 0.717) is 97.9 Å². The van der Waals surface area contributed by atoms with E-state index in [0.717, 1.165) is 52.1 Å². The number of nitrogens with zero attached hydrogens (tertiary/aromatic N) is 2. The number of cyclic esters (lactones) is 1. The molecule has 3 unspecified atom stereocenters. The molecule has 0 aromatic heterocycles. The van der Waals surface area contributed by atoms with Gasteiger partial charge in [-0.25, -0.2) is 9.59 Å². The average Bonchev–Trinajstić information content (AvgIpc) is 3.32. The number of carbonyl (C=O) groups excluding carboxylic acids is 2. The van der Waals surface area contributed by atoms with Crippen LogP contribution in [0, 0.1) is 0 Å². The van der Waals surface area contributed by atoms with Gasteiger partial charge in [0.1, 0.15) is 6.10 Å². The topological polar surface area (TPSA) is 114 Å². The molecule has 1 saturated heterocycles. The van der Waals surface area contributed by atoms with Crippen LogP contribution in [0.5, 0.6) is 34.5 Å². The molecular weight excluding hydrogens is 620 g/mol. The lowest BCUT2D eigenvalue weighted by Crippen LogP contribution is -2.34. The summed E-state index contributed by atoms with van der Waals surface area (Å²) < 4.78 is 46.5. The smallest absolute Gasteiger partial charge is 0.338 e. The van der Waals surface area contributed by atoms with Gasteiger partial charge in [0.25, 0.3) is 0 Å². The molecule has 2 aromatic rings. The Labute approximate surface area is 284 Å². The van der Waals surface area contributed by atoms with Crippen molar-refractivity contribution in [3.63, 3.8) is 0 Å². The summed E-state index contributed by atoms with van der Waals surface area (Å²) in [6.07, 6.45) is 3.25. The normalized spacial score (nSPS) is 20.9. The fourth-order valence-corrected chi connectivity index (χ4v) is 5.97. The van der Waals surface area contributed by atoms with E-state index in [-0.39, 0.29) is 6.10 Å². The summed E-state index contributed by atoms with van der Waals surface area (Å²) in [6, 6.07) is 6.54. The standard InChI is InChI=1S/C36H52N2O10/c1-6-43-31-24-27(25-32(44-7-2)34(31)45-8-3)36(40)48-28-12-9-20-46-30-23-26(22-29(41-4)33(30)42-5)35(39)47-21-11-16-37-14-10-15-38(17-13-28)19-18-37/h22-25,28H,6-21H2,1-5H3. The first-order valence-electron chi connectivity index (χ1n) is 17.2. The molecule has 0 radical (unpaired) electrons. The van der Waals surface area contributed by atoms with Gasteiger partial charge in [-0.05, 0) is 90.2 Å². The Morgan fingerprint density at radius 3 is 2.00 bits per heavy atom. The Bertz CT molecular complexity index is 1310. The second kappa shape index (κ2) is 19.2. The van der Waals surface area contributed by atoms with Gasteiger partial charge in [0.2, 0.25) is 11.5 Å². The highest BCUT2D eigenvalue weighted by Crippen LogP contribution is 2.40. The maximum atomic E-state index is 13.7. The summed E-state index contributed by atoms with van der Waals surface area (Å²) in [4.78, 5) is 31.5. The van der Waals surface area contributed by atoms with E-state index in [2.05, 4.69) is 9.80 Å². The zero-order chi connectivity index (χ0) is 34.3. The van der Waals surface area contributed by atoms with Gasteiger partial charge in [0.15, 0.2) is 23.0 Å². The molecular formula is C36H52N2O10. The van der Waals surface area contributed by atoms with Crippen LogP contribution >= 0.6 is 0 Å². The number of ether oxygens (including phenoxy) is 8. The molecule has 2 aliphatic rings. The van der Waals surface area contributed by atoms with Crippen molar-refractivity contribution in [3.05, 3.63) is 35.4 Å². The van der Waals surface area contributed by atoms with Crippen LogP contribution in [-0.2, 0) is 9.47 Å². The third-order valence-corrected chi connectivity index (χ3v) is 8.33. The number of methoxy groups -OCH3 is 2. The zero-order valence-corrected chi connectivity index (χ0v) is 29.2. The number of benzene rings is 2. The first-order chi connectivity index (χ1) is 23.4. The van der Waals surface area contributed by atoms with Crippen LogP contribution in [0.3, 0.4) is 0 Å². The Morgan fingerprint density at radius 2 is 1.35 bits per heavy atom. The number of hydrogen-bond acceptors (Lipinski definition) is 12. The summed E-state index contributed by atoms with van der Waals surface area (Å²) in [5.74, 6) is 1.60. The van der Waals surface area contributed by atoms with Crippen molar-refractivity contribution in [2.45, 2.75) is 59.0 Å². The van der Waals surface area contributed by atoms with Crippen molar-refractivity contribution in [1.29, 1.82) is 0 Å². The van der Waals surface area contributed by atoms with Crippen LogP contribution in [-0.4, -0.2) is 114 Å². The van der Waals surface area contributed by atoms with Crippen LogP contribution in [0.25, 0.3) is 0 Å². The monoisotopic (exact) mass is 672 g/mol. The molecule has 0 saturated carbocycles. The molecule has 3 atom stereocenters. The van der Waals surface area contributed by atoms with E-state index >= 15 is 0 Å². The molecule has 2 aliphatic heterocycles. The van der Waals surface area contributed by atoms with E-state index in [1.165, 1.54) is 14.2 Å². The van der Waals surface area contributed by atoms with Crippen molar-refractivity contribution >= 4 is 11.9 Å². The molecule has 4 rings (SSSR count). The molecule has 0 spiro atoms. The Morgan fingerprint density at radius 1 is 0.708 bits per heavy atom. The Hall–Kier alpha value is -3.90. The molecule has 0 amide bonds. The van der Waals surface area contributed by atoms with Gasteiger partial charge in [-0.3, -0.25) is 0 Å². The van der Waals surface area contributed by atoms with E-state index < -0.39 is 11.9 Å². The number of rotatable bonds is 10. The fourth-order valence-electron chi connectivity index (χ4n) is 5.97. The van der Waals surface area contributed by atoms with Gasteiger partial charge in [0, 0.05) is 26.2 Å². The van der Waals surface area contributed by atoms with Crippen molar-refractivity contribution in [2.75, 3.05) is 86.5 Å².